The maximum absolute atomic E-state index is 13.0. The lowest BCUT2D eigenvalue weighted by Gasteiger charge is -2.39. The molecule has 0 radical (unpaired) electrons. The minimum Gasteiger partial charge on any atom is -0.392 e. The van der Waals surface area contributed by atoms with Gasteiger partial charge in [0, 0.05) is 43.9 Å². The Balaban J connectivity index is 1.32. The molecular weight excluding hydrogens is 543 g/mol. The molecule has 41 heavy (non-hydrogen) atoms. The van der Waals surface area contributed by atoms with Gasteiger partial charge in [0.1, 0.15) is 6.04 Å². The second-order valence-corrected chi connectivity index (χ2v) is 10.5. The van der Waals surface area contributed by atoms with Crippen molar-refractivity contribution in [3.63, 3.8) is 0 Å². The Bertz CT molecular complexity index is 1210. The van der Waals surface area contributed by atoms with E-state index < -0.39 is 30.3 Å². The molecule has 0 saturated carbocycles. The molecule has 2 amide bonds. The molecule has 2 aromatic carbocycles. The van der Waals surface area contributed by atoms with Crippen LogP contribution in [0.25, 0.3) is 0 Å². The van der Waals surface area contributed by atoms with Crippen molar-refractivity contribution < 1.29 is 42.1 Å². The number of aliphatic hydroxyl groups is 1. The number of carbonyl (C=O) groups is 2. The molecule has 2 N–H and O–H groups in total. The number of hydrogen-bond donors (Lipinski definition) is 2. The van der Waals surface area contributed by atoms with Gasteiger partial charge in [0.05, 0.1) is 32.0 Å². The summed E-state index contributed by atoms with van der Waals surface area (Å²) in [7, 11) is 0. The minimum absolute atomic E-state index is 0.0569. The number of morpholine rings is 1. The summed E-state index contributed by atoms with van der Waals surface area (Å²) in [4.78, 5) is 27.6. The van der Waals surface area contributed by atoms with Gasteiger partial charge in [-0.05, 0) is 36.1 Å². The fourth-order valence-electron chi connectivity index (χ4n) is 5.54. The number of carbonyl (C=O) groups excluding carboxylic acids is 2. The standard InChI is InChI=1S/C29H34F3N3O6/c30-29(31,32)28(38)35-10-2-5-24(35)26(37)33-22-4-1-3-21(15-22)27-40-23(17-34-11-13-39-14-12-34)16-25(41-27)20-8-6-19(18-36)7-9-20/h1,3-4,6-9,15,23-25,27,36H,2,5,10-14,16-18H2,(H,33,37)/t23-,24-,25+,27+/m0/s1. The number of rotatable bonds is 7. The summed E-state index contributed by atoms with van der Waals surface area (Å²) in [5.74, 6) is -2.67. The van der Waals surface area contributed by atoms with Gasteiger partial charge < -0.3 is 29.5 Å². The summed E-state index contributed by atoms with van der Waals surface area (Å²) in [6.07, 6.45) is -5.15. The first-order valence-electron chi connectivity index (χ1n) is 13.8. The monoisotopic (exact) mass is 577 g/mol. The first-order chi connectivity index (χ1) is 19.7. The lowest BCUT2D eigenvalue weighted by Crippen LogP contribution is -2.48. The predicted octanol–water partition coefficient (Wildman–Crippen LogP) is 3.55. The summed E-state index contributed by atoms with van der Waals surface area (Å²) in [6, 6.07) is 13.2. The quantitative estimate of drug-likeness (QED) is 0.519. The van der Waals surface area contributed by atoms with Crippen LogP contribution in [0.15, 0.2) is 48.5 Å². The lowest BCUT2D eigenvalue weighted by molar-refractivity contribution is -0.253. The third kappa shape index (κ3) is 7.25. The molecule has 0 bridgehead atoms. The Morgan fingerprint density at radius 1 is 1.00 bits per heavy atom. The van der Waals surface area contributed by atoms with Crippen LogP contribution in [-0.2, 0) is 30.4 Å². The summed E-state index contributed by atoms with van der Waals surface area (Å²) >= 11 is 0. The normalized spacial score (nSPS) is 25.7. The Kier molecular flexibility index (Phi) is 9.25. The lowest BCUT2D eigenvalue weighted by atomic mass is 9.99. The molecule has 3 aliphatic rings. The third-order valence-corrected chi connectivity index (χ3v) is 7.67. The third-order valence-electron chi connectivity index (χ3n) is 7.67. The molecule has 0 unspecified atom stereocenters. The number of alkyl halides is 3. The zero-order chi connectivity index (χ0) is 29.0. The number of hydrogen-bond acceptors (Lipinski definition) is 7. The van der Waals surface area contributed by atoms with Crippen molar-refractivity contribution in [2.75, 3.05) is 44.7 Å². The van der Waals surface area contributed by atoms with Gasteiger partial charge >= 0.3 is 12.1 Å². The highest BCUT2D eigenvalue weighted by molar-refractivity contribution is 5.98. The molecule has 9 nitrogen and oxygen atoms in total. The van der Waals surface area contributed by atoms with Crippen LogP contribution in [0, 0.1) is 0 Å². The van der Waals surface area contributed by atoms with Gasteiger partial charge in [-0.1, -0.05) is 36.4 Å². The molecule has 12 heteroatoms. The van der Waals surface area contributed by atoms with E-state index >= 15 is 0 Å². The maximum atomic E-state index is 13.0. The molecule has 0 aromatic heterocycles. The fraction of sp³-hybridized carbons (Fsp3) is 0.517. The maximum Gasteiger partial charge on any atom is 0.471 e. The van der Waals surface area contributed by atoms with E-state index in [1.165, 1.54) is 0 Å². The van der Waals surface area contributed by atoms with Crippen molar-refractivity contribution in [3.8, 4) is 0 Å². The Labute approximate surface area is 236 Å². The average molecular weight is 578 g/mol. The molecule has 5 rings (SSSR count). The van der Waals surface area contributed by atoms with Gasteiger partial charge in [-0.25, -0.2) is 0 Å². The molecule has 3 saturated heterocycles. The van der Waals surface area contributed by atoms with E-state index in [2.05, 4.69) is 10.2 Å². The van der Waals surface area contributed by atoms with E-state index in [1.807, 2.05) is 24.3 Å². The summed E-state index contributed by atoms with van der Waals surface area (Å²) < 4.78 is 57.3. The first-order valence-corrected chi connectivity index (χ1v) is 13.8. The summed E-state index contributed by atoms with van der Waals surface area (Å²) in [5, 5.41) is 12.1. The topological polar surface area (TPSA) is 101 Å². The highest BCUT2D eigenvalue weighted by Crippen LogP contribution is 2.39. The van der Waals surface area contributed by atoms with Crippen LogP contribution >= 0.6 is 0 Å². The van der Waals surface area contributed by atoms with Crippen molar-refractivity contribution >= 4 is 17.5 Å². The van der Waals surface area contributed by atoms with Crippen LogP contribution in [0.2, 0.25) is 0 Å². The average Bonchev–Trinajstić information content (AvgIpc) is 3.47. The van der Waals surface area contributed by atoms with Crippen molar-refractivity contribution in [3.05, 3.63) is 65.2 Å². The largest absolute Gasteiger partial charge is 0.471 e. The number of amides is 2. The number of anilines is 1. The van der Waals surface area contributed by atoms with Crippen molar-refractivity contribution in [1.29, 1.82) is 0 Å². The molecule has 3 aliphatic heterocycles. The molecular formula is C29H34F3N3O6. The van der Waals surface area contributed by atoms with Gasteiger partial charge in [-0.15, -0.1) is 0 Å². The predicted molar refractivity (Wildman–Crippen MR) is 142 cm³/mol. The van der Waals surface area contributed by atoms with E-state index in [1.54, 1.807) is 24.3 Å². The van der Waals surface area contributed by atoms with E-state index in [9.17, 15) is 27.9 Å². The second kappa shape index (κ2) is 12.9. The van der Waals surface area contributed by atoms with E-state index in [0.29, 0.717) is 48.8 Å². The number of benzene rings is 2. The second-order valence-electron chi connectivity index (χ2n) is 10.5. The minimum atomic E-state index is -5.04. The molecule has 3 heterocycles. The molecule has 4 atom stereocenters. The van der Waals surface area contributed by atoms with Crippen molar-refractivity contribution in [2.45, 2.75) is 56.6 Å². The highest BCUT2D eigenvalue weighted by atomic mass is 19.4. The number of nitrogens with one attached hydrogen (secondary N) is 1. The Morgan fingerprint density at radius 2 is 1.76 bits per heavy atom. The number of ether oxygens (including phenoxy) is 3. The van der Waals surface area contributed by atoms with Gasteiger partial charge in [0.2, 0.25) is 5.91 Å². The molecule has 0 aliphatic carbocycles. The number of nitrogens with zero attached hydrogens (tertiary/aromatic N) is 2. The highest BCUT2D eigenvalue weighted by Gasteiger charge is 2.47. The van der Waals surface area contributed by atoms with Gasteiger partial charge in [-0.3, -0.25) is 14.5 Å². The smallest absolute Gasteiger partial charge is 0.392 e. The van der Waals surface area contributed by atoms with E-state index in [0.717, 1.165) is 24.2 Å². The van der Waals surface area contributed by atoms with Gasteiger partial charge in [-0.2, -0.15) is 13.2 Å². The van der Waals surface area contributed by atoms with E-state index in [4.69, 9.17) is 14.2 Å². The fourth-order valence-corrected chi connectivity index (χ4v) is 5.54. The van der Waals surface area contributed by atoms with Crippen LogP contribution in [0.3, 0.4) is 0 Å². The molecule has 0 spiro atoms. The molecule has 222 valence electrons. The van der Waals surface area contributed by atoms with Gasteiger partial charge in [0.25, 0.3) is 0 Å². The SMILES string of the molecule is O=C(Nc1cccc([C@@H]2O[C@H](CN3CCOCC3)C[C@H](c3ccc(CO)cc3)O2)c1)[C@@H]1CCCN1C(=O)C(F)(F)F. The zero-order valence-corrected chi connectivity index (χ0v) is 22.5. The van der Waals surface area contributed by atoms with E-state index in [-0.39, 0.29) is 31.8 Å². The summed E-state index contributed by atoms with van der Waals surface area (Å²) in [6.45, 7) is 3.44. The zero-order valence-electron chi connectivity index (χ0n) is 22.5. The number of aliphatic hydroxyl groups excluding tert-OH is 1. The molecule has 2 aromatic rings. The number of halogens is 3. The number of likely N-dealkylation sites (tertiary alicyclic amines) is 1. The van der Waals surface area contributed by atoms with Crippen LogP contribution < -0.4 is 5.32 Å². The Morgan fingerprint density at radius 3 is 2.46 bits per heavy atom. The molecule has 3 fully saturated rings. The van der Waals surface area contributed by atoms with Crippen molar-refractivity contribution in [1.82, 2.24) is 9.80 Å². The Hall–Kier alpha value is -3.03. The van der Waals surface area contributed by atoms with Crippen LogP contribution in [0.4, 0.5) is 18.9 Å². The van der Waals surface area contributed by atoms with Gasteiger partial charge in [0.15, 0.2) is 6.29 Å². The summed E-state index contributed by atoms with van der Waals surface area (Å²) in [5.41, 5.74) is 2.75. The first kappa shape index (κ1) is 29.5. The van der Waals surface area contributed by atoms with Crippen LogP contribution in [0.1, 0.15) is 48.3 Å². The van der Waals surface area contributed by atoms with Crippen molar-refractivity contribution in [2.24, 2.45) is 0 Å². The van der Waals surface area contributed by atoms with Crippen LogP contribution in [0.5, 0.6) is 0 Å². The van der Waals surface area contributed by atoms with Crippen LogP contribution in [-0.4, -0.2) is 84.4 Å².